The van der Waals surface area contributed by atoms with Gasteiger partial charge in [-0.1, -0.05) is 19.1 Å². The van der Waals surface area contributed by atoms with Crippen LogP contribution in [-0.2, 0) is 6.54 Å². The van der Waals surface area contributed by atoms with Gasteiger partial charge >= 0.3 is 0 Å². The predicted molar refractivity (Wildman–Crippen MR) is 83.7 cm³/mol. The first-order chi connectivity index (χ1) is 9.69. The maximum Gasteiger partial charge on any atom is 0.125 e. The van der Waals surface area contributed by atoms with E-state index in [1.54, 1.807) is 6.07 Å². The molecule has 20 heavy (non-hydrogen) atoms. The molecule has 0 radical (unpaired) electrons. The summed E-state index contributed by atoms with van der Waals surface area (Å²) >= 11 is 3.40. The molecule has 1 N–H and O–H groups in total. The Morgan fingerprint density at radius 3 is 2.85 bits per heavy atom. The highest BCUT2D eigenvalue weighted by atomic mass is 79.9. The maximum atomic E-state index is 13.2. The van der Waals surface area contributed by atoms with Crippen LogP contribution in [0.1, 0.15) is 18.9 Å². The van der Waals surface area contributed by atoms with Gasteiger partial charge in [0.25, 0.3) is 0 Å². The molecule has 0 bridgehead atoms. The molecule has 0 aromatic heterocycles. The zero-order valence-electron chi connectivity index (χ0n) is 11.3. The molecule has 2 aromatic carbocycles. The first kappa shape index (κ1) is 14.9. The molecular formula is C16H17BrFNO. The molecule has 0 fully saturated rings. The third kappa shape index (κ3) is 4.23. The molecule has 2 rings (SSSR count). The molecule has 2 nitrogen and oxygen atoms in total. The Kier molecular flexibility index (Phi) is 5.41. The van der Waals surface area contributed by atoms with E-state index in [9.17, 15) is 4.39 Å². The molecule has 0 heterocycles. The molecule has 0 amide bonds. The van der Waals surface area contributed by atoms with Crippen molar-refractivity contribution in [3.63, 3.8) is 0 Å². The maximum absolute atomic E-state index is 13.2. The molecule has 106 valence electrons. The van der Waals surface area contributed by atoms with Gasteiger partial charge in [-0.15, -0.1) is 0 Å². The van der Waals surface area contributed by atoms with Crippen molar-refractivity contribution in [2.45, 2.75) is 19.9 Å². The number of anilines is 1. The summed E-state index contributed by atoms with van der Waals surface area (Å²) in [5.74, 6) is 0.611. The molecule has 2 aromatic rings. The Labute approximate surface area is 127 Å². The lowest BCUT2D eigenvalue weighted by Gasteiger charge is -2.10. The Balaban J connectivity index is 2.01. The van der Waals surface area contributed by atoms with E-state index in [1.165, 1.54) is 12.1 Å². The van der Waals surface area contributed by atoms with Gasteiger partial charge in [0.1, 0.15) is 11.6 Å². The fourth-order valence-electron chi connectivity index (χ4n) is 1.80. The summed E-state index contributed by atoms with van der Waals surface area (Å²) in [6, 6.07) is 12.5. The molecule has 0 aliphatic rings. The van der Waals surface area contributed by atoms with Gasteiger partial charge in [-0.3, -0.25) is 0 Å². The highest BCUT2D eigenvalue weighted by Crippen LogP contribution is 2.24. The van der Waals surface area contributed by atoms with Gasteiger partial charge < -0.3 is 10.1 Å². The molecule has 0 aliphatic heterocycles. The van der Waals surface area contributed by atoms with E-state index in [0.29, 0.717) is 13.2 Å². The van der Waals surface area contributed by atoms with E-state index in [1.807, 2.05) is 24.3 Å². The van der Waals surface area contributed by atoms with Gasteiger partial charge in [0.05, 0.1) is 12.3 Å². The lowest BCUT2D eigenvalue weighted by molar-refractivity contribution is 0.317. The van der Waals surface area contributed by atoms with E-state index in [2.05, 4.69) is 28.2 Å². The van der Waals surface area contributed by atoms with Crippen LogP contribution < -0.4 is 10.1 Å². The highest BCUT2D eigenvalue weighted by Gasteiger charge is 2.02. The summed E-state index contributed by atoms with van der Waals surface area (Å²) < 4.78 is 19.6. The fourth-order valence-corrected chi connectivity index (χ4v) is 2.18. The van der Waals surface area contributed by atoms with E-state index < -0.39 is 0 Å². The first-order valence-electron chi connectivity index (χ1n) is 6.59. The minimum Gasteiger partial charge on any atom is -0.494 e. The summed E-state index contributed by atoms with van der Waals surface area (Å²) in [7, 11) is 0. The monoisotopic (exact) mass is 337 g/mol. The Bertz CT molecular complexity index is 574. The second-order valence-corrected chi connectivity index (χ2v) is 5.33. The normalized spacial score (nSPS) is 10.3. The molecule has 0 spiro atoms. The molecule has 0 atom stereocenters. The van der Waals surface area contributed by atoms with Gasteiger partial charge in [0.15, 0.2) is 0 Å². The average Bonchev–Trinajstić information content (AvgIpc) is 2.46. The molecule has 0 saturated carbocycles. The lowest BCUT2D eigenvalue weighted by Crippen LogP contribution is -2.01. The highest BCUT2D eigenvalue weighted by molar-refractivity contribution is 9.10. The van der Waals surface area contributed by atoms with E-state index >= 15 is 0 Å². The van der Waals surface area contributed by atoms with Crippen LogP contribution in [0.5, 0.6) is 5.75 Å². The molecule has 0 unspecified atom stereocenters. The number of nitrogens with one attached hydrogen (secondary N) is 1. The van der Waals surface area contributed by atoms with Gasteiger partial charge in [-0.05, 0) is 58.2 Å². The number of hydrogen-bond acceptors (Lipinski definition) is 2. The van der Waals surface area contributed by atoms with Crippen molar-refractivity contribution in [1.82, 2.24) is 0 Å². The minimum absolute atomic E-state index is 0.254. The van der Waals surface area contributed by atoms with Crippen molar-refractivity contribution >= 4 is 21.6 Å². The molecule has 4 heteroatoms. The fraction of sp³-hybridized carbons (Fsp3) is 0.250. The third-order valence-electron chi connectivity index (χ3n) is 2.78. The standard InChI is InChI=1S/C16H17BrFNO/c1-2-8-20-14-5-3-4-12(9-14)11-19-16-10-13(18)6-7-15(16)17/h3-7,9-10,19H,2,8,11H2,1H3. The second kappa shape index (κ2) is 7.29. The van der Waals surface area contributed by atoms with Crippen LogP contribution in [0, 0.1) is 5.82 Å². The van der Waals surface area contributed by atoms with Crippen molar-refractivity contribution in [3.05, 3.63) is 58.3 Å². The summed E-state index contributed by atoms with van der Waals surface area (Å²) in [6.07, 6.45) is 0.985. The number of ether oxygens (including phenoxy) is 1. The van der Waals surface area contributed by atoms with Gasteiger partial charge in [0.2, 0.25) is 0 Å². The Hall–Kier alpha value is -1.55. The number of halogens is 2. The van der Waals surface area contributed by atoms with Crippen LogP contribution in [0.25, 0.3) is 0 Å². The Morgan fingerprint density at radius 1 is 1.20 bits per heavy atom. The topological polar surface area (TPSA) is 21.3 Å². The van der Waals surface area contributed by atoms with Crippen LogP contribution in [0.15, 0.2) is 46.9 Å². The quantitative estimate of drug-likeness (QED) is 0.801. The van der Waals surface area contributed by atoms with Crippen LogP contribution in [0.4, 0.5) is 10.1 Å². The summed E-state index contributed by atoms with van der Waals surface area (Å²) in [4.78, 5) is 0. The van der Waals surface area contributed by atoms with Crippen molar-refractivity contribution in [2.24, 2.45) is 0 Å². The lowest BCUT2D eigenvalue weighted by atomic mass is 10.2. The van der Waals surface area contributed by atoms with Gasteiger partial charge in [-0.2, -0.15) is 0 Å². The van der Waals surface area contributed by atoms with Crippen molar-refractivity contribution < 1.29 is 9.13 Å². The zero-order chi connectivity index (χ0) is 14.4. The predicted octanol–water partition coefficient (Wildman–Crippen LogP) is 4.99. The van der Waals surface area contributed by atoms with Crippen molar-refractivity contribution in [3.8, 4) is 5.75 Å². The van der Waals surface area contributed by atoms with Gasteiger partial charge in [-0.25, -0.2) is 4.39 Å². The van der Waals surface area contributed by atoms with Crippen LogP contribution in [-0.4, -0.2) is 6.61 Å². The van der Waals surface area contributed by atoms with E-state index in [4.69, 9.17) is 4.74 Å². The second-order valence-electron chi connectivity index (χ2n) is 4.47. The first-order valence-corrected chi connectivity index (χ1v) is 7.39. The smallest absolute Gasteiger partial charge is 0.125 e. The zero-order valence-corrected chi connectivity index (χ0v) is 12.9. The van der Waals surface area contributed by atoms with Crippen LogP contribution >= 0.6 is 15.9 Å². The summed E-state index contributed by atoms with van der Waals surface area (Å²) in [5, 5.41) is 3.21. The van der Waals surface area contributed by atoms with Crippen LogP contribution in [0.2, 0.25) is 0 Å². The molecule has 0 aliphatic carbocycles. The largest absolute Gasteiger partial charge is 0.494 e. The molecule has 0 saturated heterocycles. The van der Waals surface area contributed by atoms with Crippen molar-refractivity contribution in [2.75, 3.05) is 11.9 Å². The molecular weight excluding hydrogens is 321 g/mol. The van der Waals surface area contributed by atoms with E-state index in [0.717, 1.165) is 27.9 Å². The Morgan fingerprint density at radius 2 is 2.05 bits per heavy atom. The average molecular weight is 338 g/mol. The van der Waals surface area contributed by atoms with Crippen molar-refractivity contribution in [1.29, 1.82) is 0 Å². The van der Waals surface area contributed by atoms with Gasteiger partial charge in [0, 0.05) is 11.0 Å². The minimum atomic E-state index is -0.254. The SMILES string of the molecule is CCCOc1cccc(CNc2cc(F)ccc2Br)c1. The number of hydrogen-bond donors (Lipinski definition) is 1. The third-order valence-corrected chi connectivity index (χ3v) is 3.47. The summed E-state index contributed by atoms with van der Waals surface area (Å²) in [5.41, 5.74) is 1.83. The number of benzene rings is 2. The number of rotatable bonds is 6. The van der Waals surface area contributed by atoms with E-state index in [-0.39, 0.29) is 5.82 Å². The van der Waals surface area contributed by atoms with Crippen LogP contribution in [0.3, 0.4) is 0 Å². The summed E-state index contributed by atoms with van der Waals surface area (Å²) in [6.45, 7) is 3.41.